The number of halogens is 1. The third-order valence-electron chi connectivity index (χ3n) is 5.19. The van der Waals surface area contributed by atoms with Gasteiger partial charge in [-0.15, -0.1) is 0 Å². The fourth-order valence-corrected chi connectivity index (χ4v) is 3.67. The molecule has 154 valence electrons. The van der Waals surface area contributed by atoms with Gasteiger partial charge in [-0.1, -0.05) is 41.9 Å². The standard InChI is InChI=1S/C23H27ClN2O3/c1-16-12-20(13-17(2)23(16)24)29-15-21(27)25-19-8-10-26(11-9-19)22(28)14-18-6-4-3-5-7-18/h3-7,12-13,19H,8-11,14-15H2,1-2H3,(H,25,27). The molecule has 0 bridgehead atoms. The summed E-state index contributed by atoms with van der Waals surface area (Å²) in [4.78, 5) is 26.6. The Labute approximate surface area is 177 Å². The Bertz CT molecular complexity index is 839. The summed E-state index contributed by atoms with van der Waals surface area (Å²) in [5.74, 6) is 0.628. The Morgan fingerprint density at radius 1 is 1.10 bits per heavy atom. The fourth-order valence-electron chi connectivity index (χ4n) is 3.56. The summed E-state index contributed by atoms with van der Waals surface area (Å²) in [5.41, 5.74) is 2.88. The summed E-state index contributed by atoms with van der Waals surface area (Å²) in [6, 6.07) is 13.5. The number of hydrogen-bond acceptors (Lipinski definition) is 3. The summed E-state index contributed by atoms with van der Waals surface area (Å²) >= 11 is 6.16. The number of aryl methyl sites for hydroxylation is 2. The predicted octanol–water partition coefficient (Wildman–Crippen LogP) is 3.69. The van der Waals surface area contributed by atoms with Gasteiger partial charge in [-0.05, 0) is 55.5 Å². The van der Waals surface area contributed by atoms with Crippen molar-refractivity contribution < 1.29 is 14.3 Å². The molecule has 0 unspecified atom stereocenters. The van der Waals surface area contributed by atoms with Crippen LogP contribution in [0.2, 0.25) is 5.02 Å². The second kappa shape index (κ2) is 9.79. The van der Waals surface area contributed by atoms with Gasteiger partial charge < -0.3 is 15.0 Å². The van der Waals surface area contributed by atoms with Crippen molar-refractivity contribution in [1.29, 1.82) is 0 Å². The topological polar surface area (TPSA) is 58.6 Å². The van der Waals surface area contributed by atoms with Crippen LogP contribution in [0.1, 0.15) is 29.5 Å². The number of nitrogens with one attached hydrogen (secondary N) is 1. The number of benzene rings is 2. The van der Waals surface area contributed by atoms with Crippen molar-refractivity contribution >= 4 is 23.4 Å². The molecule has 0 spiro atoms. The van der Waals surface area contributed by atoms with E-state index in [4.69, 9.17) is 16.3 Å². The number of carbonyl (C=O) groups is 2. The minimum atomic E-state index is -0.149. The summed E-state index contributed by atoms with van der Waals surface area (Å²) in [6.07, 6.45) is 1.93. The number of amides is 2. The normalized spacial score (nSPS) is 14.5. The molecule has 2 amide bonds. The highest BCUT2D eigenvalue weighted by Crippen LogP contribution is 2.25. The highest BCUT2D eigenvalue weighted by Gasteiger charge is 2.24. The van der Waals surface area contributed by atoms with Gasteiger partial charge in [0, 0.05) is 24.2 Å². The second-order valence-corrected chi connectivity index (χ2v) is 7.92. The quantitative estimate of drug-likeness (QED) is 0.784. The zero-order valence-corrected chi connectivity index (χ0v) is 17.7. The molecule has 0 aromatic heterocycles. The zero-order valence-electron chi connectivity index (χ0n) is 16.9. The molecule has 0 atom stereocenters. The van der Waals surface area contributed by atoms with Crippen molar-refractivity contribution in [3.05, 3.63) is 64.2 Å². The van der Waals surface area contributed by atoms with Gasteiger partial charge in [0.05, 0.1) is 6.42 Å². The predicted molar refractivity (Wildman–Crippen MR) is 114 cm³/mol. The Morgan fingerprint density at radius 3 is 2.34 bits per heavy atom. The Hall–Kier alpha value is -2.53. The van der Waals surface area contributed by atoms with Gasteiger partial charge >= 0.3 is 0 Å². The largest absolute Gasteiger partial charge is 0.484 e. The van der Waals surface area contributed by atoms with E-state index in [-0.39, 0.29) is 24.5 Å². The number of carbonyl (C=O) groups excluding carboxylic acids is 2. The van der Waals surface area contributed by atoms with E-state index in [0.717, 1.165) is 34.6 Å². The molecule has 6 heteroatoms. The van der Waals surface area contributed by atoms with Gasteiger partial charge in [-0.2, -0.15) is 0 Å². The maximum atomic E-state index is 12.4. The third kappa shape index (κ3) is 5.97. The van der Waals surface area contributed by atoms with Gasteiger partial charge in [0.15, 0.2) is 6.61 Å². The molecule has 1 aliphatic rings. The number of ether oxygens (including phenoxy) is 1. The van der Waals surface area contributed by atoms with E-state index < -0.39 is 0 Å². The van der Waals surface area contributed by atoms with E-state index >= 15 is 0 Å². The summed E-state index contributed by atoms with van der Waals surface area (Å²) in [7, 11) is 0. The van der Waals surface area contributed by atoms with E-state index in [2.05, 4.69) is 5.32 Å². The molecule has 5 nitrogen and oxygen atoms in total. The first-order valence-corrected chi connectivity index (χ1v) is 10.3. The number of likely N-dealkylation sites (tertiary alicyclic amines) is 1. The zero-order chi connectivity index (χ0) is 20.8. The smallest absolute Gasteiger partial charge is 0.258 e. The first kappa shape index (κ1) is 21.2. The van der Waals surface area contributed by atoms with Crippen LogP contribution in [0.4, 0.5) is 0 Å². The molecule has 2 aromatic carbocycles. The molecule has 0 radical (unpaired) electrons. The monoisotopic (exact) mass is 414 g/mol. The Kier molecular flexibility index (Phi) is 7.15. The van der Waals surface area contributed by atoms with Crippen LogP contribution in [0.5, 0.6) is 5.75 Å². The van der Waals surface area contributed by atoms with Crippen LogP contribution in [0.3, 0.4) is 0 Å². The van der Waals surface area contributed by atoms with E-state index in [1.54, 1.807) is 0 Å². The van der Waals surface area contributed by atoms with Crippen LogP contribution in [-0.4, -0.2) is 42.5 Å². The van der Waals surface area contributed by atoms with Crippen molar-refractivity contribution in [3.63, 3.8) is 0 Å². The lowest BCUT2D eigenvalue weighted by atomic mass is 10.0. The molecular formula is C23H27ClN2O3. The molecule has 1 saturated heterocycles. The Morgan fingerprint density at radius 2 is 1.72 bits per heavy atom. The number of hydrogen-bond donors (Lipinski definition) is 1. The van der Waals surface area contributed by atoms with Crippen LogP contribution >= 0.6 is 11.6 Å². The van der Waals surface area contributed by atoms with Crippen LogP contribution in [0.25, 0.3) is 0 Å². The molecule has 1 heterocycles. The lowest BCUT2D eigenvalue weighted by molar-refractivity contribution is -0.131. The number of nitrogens with zero attached hydrogens (tertiary/aromatic N) is 1. The van der Waals surface area contributed by atoms with Gasteiger partial charge in [-0.3, -0.25) is 9.59 Å². The van der Waals surface area contributed by atoms with Crippen molar-refractivity contribution in [2.75, 3.05) is 19.7 Å². The summed E-state index contributed by atoms with van der Waals surface area (Å²) < 4.78 is 5.62. The average molecular weight is 415 g/mol. The molecule has 2 aromatic rings. The third-order valence-corrected chi connectivity index (χ3v) is 5.79. The van der Waals surface area contributed by atoms with Crippen LogP contribution < -0.4 is 10.1 Å². The van der Waals surface area contributed by atoms with Gasteiger partial charge in [0.1, 0.15) is 5.75 Å². The molecular weight excluding hydrogens is 388 g/mol. The van der Waals surface area contributed by atoms with Gasteiger partial charge in [0.25, 0.3) is 5.91 Å². The molecule has 0 aliphatic carbocycles. The second-order valence-electron chi connectivity index (χ2n) is 7.54. The van der Waals surface area contributed by atoms with Crippen LogP contribution in [-0.2, 0) is 16.0 Å². The number of rotatable bonds is 6. The highest BCUT2D eigenvalue weighted by molar-refractivity contribution is 6.32. The van der Waals surface area contributed by atoms with Crippen LogP contribution in [0.15, 0.2) is 42.5 Å². The SMILES string of the molecule is Cc1cc(OCC(=O)NC2CCN(C(=O)Cc3ccccc3)CC2)cc(C)c1Cl. The number of piperidine rings is 1. The average Bonchev–Trinajstić information content (AvgIpc) is 2.71. The molecule has 0 saturated carbocycles. The van der Waals surface area contributed by atoms with E-state index in [1.807, 2.05) is 61.2 Å². The van der Waals surface area contributed by atoms with Crippen molar-refractivity contribution in [2.45, 2.75) is 39.2 Å². The van der Waals surface area contributed by atoms with Gasteiger partial charge in [0.2, 0.25) is 5.91 Å². The molecule has 1 N–H and O–H groups in total. The Balaban J connectivity index is 1.41. The summed E-state index contributed by atoms with van der Waals surface area (Å²) in [5, 5.41) is 3.73. The first-order chi connectivity index (χ1) is 13.9. The summed E-state index contributed by atoms with van der Waals surface area (Å²) in [6.45, 7) is 5.11. The van der Waals surface area contributed by atoms with Gasteiger partial charge in [-0.25, -0.2) is 0 Å². The fraction of sp³-hybridized carbons (Fsp3) is 0.391. The van der Waals surface area contributed by atoms with E-state index in [1.165, 1.54) is 0 Å². The minimum absolute atomic E-state index is 0.0341. The molecule has 1 aliphatic heterocycles. The van der Waals surface area contributed by atoms with E-state index in [0.29, 0.717) is 25.3 Å². The van der Waals surface area contributed by atoms with Crippen molar-refractivity contribution in [1.82, 2.24) is 10.2 Å². The van der Waals surface area contributed by atoms with Crippen LogP contribution in [0, 0.1) is 13.8 Å². The van der Waals surface area contributed by atoms with Crippen molar-refractivity contribution in [2.24, 2.45) is 0 Å². The molecule has 3 rings (SSSR count). The lowest BCUT2D eigenvalue weighted by Crippen LogP contribution is -2.47. The highest BCUT2D eigenvalue weighted by atomic mass is 35.5. The first-order valence-electron chi connectivity index (χ1n) is 9.93. The minimum Gasteiger partial charge on any atom is -0.484 e. The maximum absolute atomic E-state index is 12.4. The van der Waals surface area contributed by atoms with E-state index in [9.17, 15) is 9.59 Å². The maximum Gasteiger partial charge on any atom is 0.258 e. The lowest BCUT2D eigenvalue weighted by Gasteiger charge is -2.32. The molecule has 1 fully saturated rings. The van der Waals surface area contributed by atoms with Crippen molar-refractivity contribution in [3.8, 4) is 5.75 Å². The molecule has 29 heavy (non-hydrogen) atoms.